The van der Waals surface area contributed by atoms with Crippen molar-refractivity contribution in [3.8, 4) is 11.3 Å². The van der Waals surface area contributed by atoms with E-state index in [-0.39, 0.29) is 24.8 Å². The molecule has 6 heteroatoms. The first kappa shape index (κ1) is 20.7. The number of nitrogens with zero attached hydrogens (tertiary/aromatic N) is 1. The van der Waals surface area contributed by atoms with Gasteiger partial charge in [0.15, 0.2) is 0 Å². The van der Waals surface area contributed by atoms with Crippen molar-refractivity contribution in [2.75, 3.05) is 13.1 Å². The van der Waals surface area contributed by atoms with E-state index in [9.17, 15) is 0 Å². The van der Waals surface area contributed by atoms with Crippen molar-refractivity contribution in [2.45, 2.75) is 6.54 Å². The summed E-state index contributed by atoms with van der Waals surface area (Å²) in [6.07, 6.45) is 0. The number of pyridine rings is 1. The van der Waals surface area contributed by atoms with Gasteiger partial charge in [0.2, 0.25) is 0 Å². The van der Waals surface area contributed by atoms with Crippen LogP contribution in [0.2, 0.25) is 5.02 Å². The molecule has 0 saturated carbocycles. The minimum Gasteiger partial charge on any atom is -0.329 e. The average Bonchev–Trinajstić information content (AvgIpc) is 2.55. The molecule has 3 rings (SSSR count). The average molecular weight is 385 g/mol. The molecule has 3 aromatic rings. The van der Waals surface area contributed by atoms with Gasteiger partial charge in [-0.3, -0.25) is 0 Å². The summed E-state index contributed by atoms with van der Waals surface area (Å²) in [4.78, 5) is 4.76. The van der Waals surface area contributed by atoms with Crippen molar-refractivity contribution in [1.29, 1.82) is 0 Å². The van der Waals surface area contributed by atoms with E-state index in [0.29, 0.717) is 11.6 Å². The molecule has 0 aliphatic carbocycles. The van der Waals surface area contributed by atoms with Crippen LogP contribution in [0, 0.1) is 0 Å². The van der Waals surface area contributed by atoms with E-state index in [2.05, 4.69) is 23.5 Å². The van der Waals surface area contributed by atoms with Crippen molar-refractivity contribution in [2.24, 2.45) is 5.73 Å². The predicted octanol–water partition coefficient (Wildman–Crippen LogP) is 4.45. The zero-order valence-corrected chi connectivity index (χ0v) is 15.4. The number of nitrogens with one attached hydrogen (secondary N) is 1. The van der Waals surface area contributed by atoms with Gasteiger partial charge in [-0.25, -0.2) is 4.98 Å². The van der Waals surface area contributed by atoms with Gasteiger partial charge in [0, 0.05) is 35.6 Å². The first-order valence-electron chi connectivity index (χ1n) is 7.33. The third kappa shape index (κ3) is 4.82. The highest BCUT2D eigenvalue weighted by molar-refractivity contribution is 6.31. The Morgan fingerprint density at radius 1 is 1.00 bits per heavy atom. The van der Waals surface area contributed by atoms with Gasteiger partial charge in [0.25, 0.3) is 0 Å². The largest absolute Gasteiger partial charge is 0.329 e. The maximum Gasteiger partial charge on any atom is 0.0727 e. The van der Waals surface area contributed by atoms with Gasteiger partial charge in [-0.1, -0.05) is 48.0 Å². The Kier molecular flexibility index (Phi) is 8.46. The van der Waals surface area contributed by atoms with Gasteiger partial charge in [0.1, 0.15) is 0 Å². The number of halogens is 3. The molecule has 0 fully saturated rings. The lowest BCUT2D eigenvalue weighted by atomic mass is 10.0. The number of hydrogen-bond acceptors (Lipinski definition) is 3. The van der Waals surface area contributed by atoms with Crippen LogP contribution in [0.15, 0.2) is 54.6 Å². The highest BCUT2D eigenvalue weighted by Crippen LogP contribution is 2.26. The maximum atomic E-state index is 6.12. The smallest absolute Gasteiger partial charge is 0.0727 e. The van der Waals surface area contributed by atoms with E-state index in [1.54, 1.807) is 0 Å². The lowest BCUT2D eigenvalue weighted by Crippen LogP contribution is -2.22. The van der Waals surface area contributed by atoms with Crippen LogP contribution in [-0.4, -0.2) is 18.1 Å². The highest BCUT2D eigenvalue weighted by Gasteiger charge is 2.08. The number of benzene rings is 2. The minimum atomic E-state index is 0. The van der Waals surface area contributed by atoms with Crippen LogP contribution in [0.5, 0.6) is 0 Å². The topological polar surface area (TPSA) is 50.9 Å². The molecule has 2 aromatic carbocycles. The molecular formula is C18H20Cl3N3. The Bertz CT molecular complexity index is 779. The van der Waals surface area contributed by atoms with Crippen molar-refractivity contribution >= 4 is 47.3 Å². The standard InChI is InChI=1S/C18H18ClN3.2ClH/c19-15-6-7-16-14(12-21-9-8-20)10-17(22-18(16)11-15)13-4-2-1-3-5-13;;/h1-7,10-11,21H,8-9,12,20H2;2*1H. The van der Waals surface area contributed by atoms with E-state index in [4.69, 9.17) is 22.3 Å². The summed E-state index contributed by atoms with van der Waals surface area (Å²) in [5.41, 5.74) is 9.73. The SMILES string of the molecule is Cl.Cl.NCCNCc1cc(-c2ccccc2)nc2cc(Cl)ccc12. The van der Waals surface area contributed by atoms with E-state index >= 15 is 0 Å². The van der Waals surface area contributed by atoms with E-state index in [1.807, 2.05) is 36.4 Å². The van der Waals surface area contributed by atoms with Crippen LogP contribution >= 0.6 is 36.4 Å². The Labute approximate surface area is 159 Å². The molecule has 1 aromatic heterocycles. The second-order valence-corrected chi connectivity index (χ2v) is 5.60. The number of aromatic nitrogens is 1. The van der Waals surface area contributed by atoms with Gasteiger partial charge in [-0.2, -0.15) is 0 Å². The molecule has 24 heavy (non-hydrogen) atoms. The molecule has 0 radical (unpaired) electrons. The number of rotatable bonds is 5. The van der Waals surface area contributed by atoms with Crippen molar-refractivity contribution in [3.63, 3.8) is 0 Å². The van der Waals surface area contributed by atoms with Crippen LogP contribution in [-0.2, 0) is 6.54 Å². The third-order valence-electron chi connectivity index (χ3n) is 3.56. The monoisotopic (exact) mass is 383 g/mol. The van der Waals surface area contributed by atoms with Crippen LogP contribution in [0.1, 0.15) is 5.56 Å². The van der Waals surface area contributed by atoms with E-state index < -0.39 is 0 Å². The Hall–Kier alpha value is -1.36. The third-order valence-corrected chi connectivity index (χ3v) is 3.80. The summed E-state index contributed by atoms with van der Waals surface area (Å²) >= 11 is 6.12. The molecule has 0 saturated heterocycles. The van der Waals surface area contributed by atoms with Crippen molar-refractivity contribution < 1.29 is 0 Å². The summed E-state index contributed by atoms with van der Waals surface area (Å²) in [6.45, 7) is 2.18. The molecule has 3 nitrogen and oxygen atoms in total. The molecule has 0 aliphatic heterocycles. The maximum absolute atomic E-state index is 6.12. The molecule has 0 aliphatic rings. The Morgan fingerprint density at radius 2 is 1.75 bits per heavy atom. The first-order chi connectivity index (χ1) is 10.8. The van der Waals surface area contributed by atoms with Crippen LogP contribution in [0.25, 0.3) is 22.2 Å². The molecular weight excluding hydrogens is 365 g/mol. The van der Waals surface area contributed by atoms with Crippen LogP contribution in [0.4, 0.5) is 0 Å². The second-order valence-electron chi connectivity index (χ2n) is 5.16. The predicted molar refractivity (Wildman–Crippen MR) is 107 cm³/mol. The van der Waals surface area contributed by atoms with E-state index in [1.165, 1.54) is 5.56 Å². The van der Waals surface area contributed by atoms with Gasteiger partial charge in [-0.15, -0.1) is 24.8 Å². The fourth-order valence-corrected chi connectivity index (χ4v) is 2.67. The molecule has 0 unspecified atom stereocenters. The van der Waals surface area contributed by atoms with Crippen molar-refractivity contribution in [3.05, 3.63) is 65.2 Å². The summed E-state index contributed by atoms with van der Waals surface area (Å²) in [5, 5.41) is 5.17. The number of fused-ring (bicyclic) bond motifs is 1. The van der Waals surface area contributed by atoms with Gasteiger partial charge >= 0.3 is 0 Å². The number of hydrogen-bond donors (Lipinski definition) is 2. The zero-order chi connectivity index (χ0) is 15.4. The van der Waals surface area contributed by atoms with Crippen LogP contribution in [0.3, 0.4) is 0 Å². The second kappa shape index (κ2) is 9.82. The normalized spacial score (nSPS) is 10.1. The fourth-order valence-electron chi connectivity index (χ4n) is 2.50. The minimum absolute atomic E-state index is 0. The first-order valence-corrected chi connectivity index (χ1v) is 7.71. The molecule has 0 amide bonds. The summed E-state index contributed by atoms with van der Waals surface area (Å²) in [5.74, 6) is 0. The van der Waals surface area contributed by atoms with Gasteiger partial charge < -0.3 is 11.1 Å². The zero-order valence-electron chi connectivity index (χ0n) is 13.0. The Morgan fingerprint density at radius 3 is 2.46 bits per heavy atom. The molecule has 1 heterocycles. The lowest BCUT2D eigenvalue weighted by Gasteiger charge is -2.11. The molecule has 128 valence electrons. The number of nitrogens with two attached hydrogens (primary N) is 1. The molecule has 0 spiro atoms. The quantitative estimate of drug-likeness (QED) is 0.639. The molecule has 0 bridgehead atoms. The fraction of sp³-hybridized carbons (Fsp3) is 0.167. The van der Waals surface area contributed by atoms with E-state index in [0.717, 1.165) is 35.2 Å². The van der Waals surface area contributed by atoms with Gasteiger partial charge in [-0.05, 0) is 23.8 Å². The summed E-state index contributed by atoms with van der Waals surface area (Å²) < 4.78 is 0. The molecule has 3 N–H and O–H groups in total. The summed E-state index contributed by atoms with van der Waals surface area (Å²) in [7, 11) is 0. The van der Waals surface area contributed by atoms with Crippen molar-refractivity contribution in [1.82, 2.24) is 10.3 Å². The highest BCUT2D eigenvalue weighted by atomic mass is 35.5. The molecule has 0 atom stereocenters. The van der Waals surface area contributed by atoms with Crippen LogP contribution < -0.4 is 11.1 Å². The lowest BCUT2D eigenvalue weighted by molar-refractivity contribution is 0.697. The van der Waals surface area contributed by atoms with Gasteiger partial charge in [0.05, 0.1) is 11.2 Å². The summed E-state index contributed by atoms with van der Waals surface area (Å²) in [6, 6.07) is 18.2. The Balaban J connectivity index is 0.00000144.